The van der Waals surface area contributed by atoms with Gasteiger partial charge in [0, 0.05) is 19.6 Å². The molecular formula is C13H22N2O3. The summed E-state index contributed by atoms with van der Waals surface area (Å²) in [5, 5.41) is 12.2. The molecule has 1 aliphatic heterocycles. The Hall–Kier alpha value is -1.26. The zero-order valence-electron chi connectivity index (χ0n) is 11.1. The second-order valence-electron chi connectivity index (χ2n) is 5.77. The third-order valence-electron chi connectivity index (χ3n) is 4.56. The van der Waals surface area contributed by atoms with E-state index in [0.717, 1.165) is 12.5 Å². The van der Waals surface area contributed by atoms with Crippen molar-refractivity contribution in [2.24, 2.45) is 17.3 Å². The van der Waals surface area contributed by atoms with Gasteiger partial charge >= 0.3 is 12.0 Å². The van der Waals surface area contributed by atoms with Crippen LogP contribution in [-0.2, 0) is 4.79 Å². The third-order valence-corrected chi connectivity index (χ3v) is 4.56. The van der Waals surface area contributed by atoms with Gasteiger partial charge in [-0.2, -0.15) is 0 Å². The highest BCUT2D eigenvalue weighted by Crippen LogP contribution is 2.37. The van der Waals surface area contributed by atoms with Gasteiger partial charge in [-0.3, -0.25) is 4.79 Å². The molecule has 5 nitrogen and oxygen atoms in total. The fourth-order valence-electron chi connectivity index (χ4n) is 2.67. The number of nitrogens with zero attached hydrogens (tertiary/aromatic N) is 1. The number of hydrogen-bond donors (Lipinski definition) is 2. The average molecular weight is 254 g/mol. The fourth-order valence-corrected chi connectivity index (χ4v) is 2.67. The van der Waals surface area contributed by atoms with E-state index >= 15 is 0 Å². The maximum atomic E-state index is 11.9. The van der Waals surface area contributed by atoms with Gasteiger partial charge in [0.2, 0.25) is 0 Å². The summed E-state index contributed by atoms with van der Waals surface area (Å²) in [4.78, 5) is 24.9. The summed E-state index contributed by atoms with van der Waals surface area (Å²) in [6, 6.07) is -0.106. The Balaban J connectivity index is 1.83. The van der Waals surface area contributed by atoms with Gasteiger partial charge in [-0.25, -0.2) is 4.79 Å². The molecule has 2 fully saturated rings. The average Bonchev–Trinajstić information content (AvgIpc) is 2.88. The highest BCUT2D eigenvalue weighted by atomic mass is 16.4. The van der Waals surface area contributed by atoms with Crippen LogP contribution >= 0.6 is 0 Å². The summed E-state index contributed by atoms with van der Waals surface area (Å²) >= 11 is 0. The molecule has 0 spiro atoms. The van der Waals surface area contributed by atoms with Crippen molar-refractivity contribution in [2.75, 3.05) is 19.6 Å². The summed E-state index contributed by atoms with van der Waals surface area (Å²) in [6.45, 7) is 5.67. The largest absolute Gasteiger partial charge is 0.481 e. The molecule has 3 unspecified atom stereocenters. The normalized spacial score (nSPS) is 34.4. The van der Waals surface area contributed by atoms with Gasteiger partial charge in [0.05, 0.1) is 5.41 Å². The molecule has 0 aromatic rings. The van der Waals surface area contributed by atoms with E-state index in [9.17, 15) is 14.7 Å². The highest BCUT2D eigenvalue weighted by Gasteiger charge is 2.45. The van der Waals surface area contributed by atoms with E-state index in [2.05, 4.69) is 12.2 Å². The number of urea groups is 1. The molecule has 0 radical (unpaired) electrons. The van der Waals surface area contributed by atoms with E-state index in [1.165, 1.54) is 6.42 Å². The Morgan fingerprint density at radius 1 is 1.50 bits per heavy atom. The molecule has 102 valence electrons. The van der Waals surface area contributed by atoms with E-state index in [4.69, 9.17) is 0 Å². The molecule has 1 saturated heterocycles. The van der Waals surface area contributed by atoms with Crippen LogP contribution in [0.15, 0.2) is 0 Å². The van der Waals surface area contributed by atoms with E-state index in [1.54, 1.807) is 4.90 Å². The van der Waals surface area contributed by atoms with Crippen LogP contribution in [0.1, 0.15) is 33.1 Å². The predicted molar refractivity (Wildman–Crippen MR) is 67.2 cm³/mol. The van der Waals surface area contributed by atoms with E-state index in [-0.39, 0.29) is 6.03 Å². The molecule has 0 aromatic heterocycles. The zero-order valence-corrected chi connectivity index (χ0v) is 11.1. The van der Waals surface area contributed by atoms with Crippen LogP contribution in [0, 0.1) is 17.3 Å². The van der Waals surface area contributed by atoms with Crippen molar-refractivity contribution >= 4 is 12.0 Å². The number of hydrogen-bond acceptors (Lipinski definition) is 2. The second kappa shape index (κ2) is 4.78. The van der Waals surface area contributed by atoms with Gasteiger partial charge in [-0.05, 0) is 31.1 Å². The molecule has 3 atom stereocenters. The second-order valence-corrected chi connectivity index (χ2v) is 5.77. The quantitative estimate of drug-likeness (QED) is 0.799. The van der Waals surface area contributed by atoms with E-state index in [0.29, 0.717) is 31.8 Å². The van der Waals surface area contributed by atoms with Crippen LogP contribution < -0.4 is 5.32 Å². The molecule has 2 N–H and O–H groups in total. The Morgan fingerprint density at radius 2 is 2.17 bits per heavy atom. The number of nitrogens with one attached hydrogen (secondary N) is 1. The minimum atomic E-state index is -0.781. The molecule has 2 aliphatic rings. The molecule has 1 aliphatic carbocycles. The first-order chi connectivity index (χ1) is 8.48. The molecule has 2 amide bonds. The standard InChI is InChI=1S/C13H22N2O3/c1-3-13(11(16)17)4-5-15(8-13)12(18)14-7-10-6-9(10)2/h9-10H,3-8H2,1-2H3,(H,14,18)(H,16,17). The number of carboxylic acid groups (broad SMARTS) is 1. The van der Waals surface area contributed by atoms with Crippen LogP contribution in [0.25, 0.3) is 0 Å². The lowest BCUT2D eigenvalue weighted by atomic mass is 9.84. The smallest absolute Gasteiger partial charge is 0.317 e. The number of likely N-dealkylation sites (tertiary alicyclic amines) is 1. The van der Waals surface area contributed by atoms with Crippen LogP contribution in [-0.4, -0.2) is 41.6 Å². The lowest BCUT2D eigenvalue weighted by Crippen LogP contribution is -2.42. The van der Waals surface area contributed by atoms with E-state index in [1.807, 2.05) is 6.92 Å². The van der Waals surface area contributed by atoms with Crippen LogP contribution in [0.2, 0.25) is 0 Å². The van der Waals surface area contributed by atoms with Gasteiger partial charge in [0.25, 0.3) is 0 Å². The Morgan fingerprint density at radius 3 is 2.61 bits per heavy atom. The van der Waals surface area contributed by atoms with Gasteiger partial charge in [0.1, 0.15) is 0 Å². The summed E-state index contributed by atoms with van der Waals surface area (Å²) in [5.74, 6) is 0.556. The molecule has 2 rings (SSSR count). The van der Waals surface area contributed by atoms with Gasteiger partial charge < -0.3 is 15.3 Å². The first-order valence-electron chi connectivity index (χ1n) is 6.74. The van der Waals surface area contributed by atoms with Crippen molar-refractivity contribution in [3.63, 3.8) is 0 Å². The number of aliphatic carboxylic acids is 1. The maximum Gasteiger partial charge on any atom is 0.317 e. The topological polar surface area (TPSA) is 69.6 Å². The lowest BCUT2D eigenvalue weighted by molar-refractivity contribution is -0.148. The Bertz CT molecular complexity index is 358. The van der Waals surface area contributed by atoms with Crippen LogP contribution in [0.5, 0.6) is 0 Å². The predicted octanol–water partition coefficient (Wildman–Crippen LogP) is 1.54. The third kappa shape index (κ3) is 2.44. The number of carbonyl (C=O) groups excluding carboxylic acids is 1. The van der Waals surface area contributed by atoms with Crippen molar-refractivity contribution < 1.29 is 14.7 Å². The number of carbonyl (C=O) groups is 2. The van der Waals surface area contributed by atoms with Gasteiger partial charge in [-0.15, -0.1) is 0 Å². The van der Waals surface area contributed by atoms with Crippen molar-refractivity contribution in [1.29, 1.82) is 0 Å². The van der Waals surface area contributed by atoms with Gasteiger partial charge in [0.15, 0.2) is 0 Å². The molecule has 0 bridgehead atoms. The Kier molecular flexibility index (Phi) is 3.50. The number of amides is 2. The first-order valence-corrected chi connectivity index (χ1v) is 6.74. The minimum absolute atomic E-state index is 0.106. The summed E-state index contributed by atoms with van der Waals surface area (Å²) in [5.41, 5.74) is -0.732. The molecule has 1 heterocycles. The van der Waals surface area contributed by atoms with Crippen molar-refractivity contribution in [1.82, 2.24) is 10.2 Å². The fraction of sp³-hybridized carbons (Fsp3) is 0.846. The summed E-state index contributed by atoms with van der Waals surface area (Å²) in [6.07, 6.45) is 2.33. The van der Waals surface area contributed by atoms with Crippen molar-refractivity contribution in [3.8, 4) is 0 Å². The molecule has 1 saturated carbocycles. The van der Waals surface area contributed by atoms with E-state index < -0.39 is 11.4 Å². The molecule has 18 heavy (non-hydrogen) atoms. The Labute approximate surface area is 108 Å². The minimum Gasteiger partial charge on any atom is -0.481 e. The summed E-state index contributed by atoms with van der Waals surface area (Å²) < 4.78 is 0. The zero-order chi connectivity index (χ0) is 13.3. The SMILES string of the molecule is CCC1(C(=O)O)CCN(C(=O)NCC2CC2C)C1. The monoisotopic (exact) mass is 254 g/mol. The van der Waals surface area contributed by atoms with Crippen LogP contribution in [0.3, 0.4) is 0 Å². The number of carboxylic acids is 1. The summed E-state index contributed by atoms with van der Waals surface area (Å²) in [7, 11) is 0. The first kappa shape index (κ1) is 13.2. The lowest BCUT2D eigenvalue weighted by Gasteiger charge is -2.23. The van der Waals surface area contributed by atoms with Crippen LogP contribution in [0.4, 0.5) is 4.79 Å². The number of rotatable bonds is 4. The van der Waals surface area contributed by atoms with Gasteiger partial charge in [-0.1, -0.05) is 13.8 Å². The maximum absolute atomic E-state index is 11.9. The highest BCUT2D eigenvalue weighted by molar-refractivity contribution is 5.79. The van der Waals surface area contributed by atoms with Crippen molar-refractivity contribution in [3.05, 3.63) is 0 Å². The van der Waals surface area contributed by atoms with Crippen molar-refractivity contribution in [2.45, 2.75) is 33.1 Å². The molecule has 0 aromatic carbocycles. The molecule has 5 heteroatoms. The molecular weight excluding hydrogens is 232 g/mol.